The van der Waals surface area contributed by atoms with Gasteiger partial charge in [-0.15, -0.1) is 0 Å². The van der Waals surface area contributed by atoms with Gasteiger partial charge < -0.3 is 0 Å². The zero-order valence-corrected chi connectivity index (χ0v) is 11.0. The van der Waals surface area contributed by atoms with Crippen LogP contribution in [0.1, 0.15) is 37.7 Å². The average molecular weight is 252 g/mol. The van der Waals surface area contributed by atoms with Gasteiger partial charge in [-0.1, -0.05) is 43.2 Å². The van der Waals surface area contributed by atoms with Crippen molar-refractivity contribution in [2.45, 2.75) is 43.8 Å². The zero-order valence-electron chi connectivity index (χ0n) is 10.1. The van der Waals surface area contributed by atoms with Crippen LogP contribution in [0.2, 0.25) is 0 Å². The lowest BCUT2D eigenvalue weighted by molar-refractivity contribution is 0.577. The molecule has 1 aliphatic carbocycles. The maximum atomic E-state index is 12.0. The fourth-order valence-electron chi connectivity index (χ4n) is 2.54. The van der Waals surface area contributed by atoms with Gasteiger partial charge in [0, 0.05) is 0 Å². The minimum Gasteiger partial charge on any atom is -0.229 e. The molecule has 3 heteroatoms. The van der Waals surface area contributed by atoms with Crippen molar-refractivity contribution in [3.63, 3.8) is 0 Å². The van der Waals surface area contributed by atoms with E-state index in [-0.39, 0.29) is 5.25 Å². The van der Waals surface area contributed by atoms with Gasteiger partial charge in [0.25, 0.3) is 0 Å². The number of hydrogen-bond donors (Lipinski definition) is 0. The zero-order chi connectivity index (χ0) is 12.1. The first-order valence-electron chi connectivity index (χ1n) is 6.44. The number of benzene rings is 1. The standard InChI is InChI=1S/C14H20O2S/c15-17(16,14-10-4-5-11-14)12-6-9-13-7-2-1-3-8-13/h1-3,7-8,14H,4-6,9-12H2. The largest absolute Gasteiger partial charge is 0.229 e. The van der Waals surface area contributed by atoms with E-state index in [0.717, 1.165) is 38.5 Å². The molecule has 1 aliphatic rings. The summed E-state index contributed by atoms with van der Waals surface area (Å²) in [5.41, 5.74) is 1.23. The number of sulfone groups is 1. The number of hydrogen-bond acceptors (Lipinski definition) is 2. The van der Waals surface area contributed by atoms with Crippen molar-refractivity contribution < 1.29 is 8.42 Å². The van der Waals surface area contributed by atoms with E-state index in [1.165, 1.54) is 5.56 Å². The molecule has 0 bridgehead atoms. The van der Waals surface area contributed by atoms with Crippen molar-refractivity contribution in [2.24, 2.45) is 0 Å². The lowest BCUT2D eigenvalue weighted by atomic mass is 10.1. The highest BCUT2D eigenvalue weighted by Crippen LogP contribution is 2.25. The summed E-state index contributed by atoms with van der Waals surface area (Å²) in [5, 5.41) is -0.0433. The van der Waals surface area contributed by atoms with Gasteiger partial charge in [-0.25, -0.2) is 8.42 Å². The Morgan fingerprint density at radius 3 is 2.35 bits per heavy atom. The highest BCUT2D eigenvalue weighted by Gasteiger charge is 2.27. The molecule has 1 fully saturated rings. The minimum atomic E-state index is -2.83. The summed E-state index contributed by atoms with van der Waals surface area (Å²) in [6, 6.07) is 10.1. The smallest absolute Gasteiger partial charge is 0.153 e. The fraction of sp³-hybridized carbons (Fsp3) is 0.571. The Kier molecular flexibility index (Phi) is 4.21. The van der Waals surface area contributed by atoms with Crippen molar-refractivity contribution in [1.82, 2.24) is 0 Å². The van der Waals surface area contributed by atoms with E-state index in [1.54, 1.807) is 0 Å². The van der Waals surface area contributed by atoms with Gasteiger partial charge in [0.2, 0.25) is 0 Å². The molecule has 0 unspecified atom stereocenters. The van der Waals surface area contributed by atoms with E-state index < -0.39 is 9.84 Å². The first kappa shape index (κ1) is 12.6. The lowest BCUT2D eigenvalue weighted by Crippen LogP contribution is -2.21. The maximum Gasteiger partial charge on any atom is 0.153 e. The quantitative estimate of drug-likeness (QED) is 0.807. The Balaban J connectivity index is 1.82. The van der Waals surface area contributed by atoms with Crippen LogP contribution >= 0.6 is 0 Å². The molecule has 0 aromatic heterocycles. The van der Waals surface area contributed by atoms with Crippen LogP contribution in [-0.4, -0.2) is 19.4 Å². The molecule has 0 saturated heterocycles. The minimum absolute atomic E-state index is 0.0433. The Bertz CT molecular complexity index is 431. The summed E-state index contributed by atoms with van der Waals surface area (Å²) in [7, 11) is -2.83. The summed E-state index contributed by atoms with van der Waals surface area (Å²) in [6.07, 6.45) is 5.56. The van der Waals surface area contributed by atoms with Gasteiger partial charge in [-0.3, -0.25) is 0 Å². The Morgan fingerprint density at radius 2 is 1.71 bits per heavy atom. The molecule has 0 atom stereocenters. The van der Waals surface area contributed by atoms with Gasteiger partial charge in [0.05, 0.1) is 11.0 Å². The van der Waals surface area contributed by atoms with Crippen molar-refractivity contribution in [3.05, 3.63) is 35.9 Å². The Hall–Kier alpha value is -0.830. The topological polar surface area (TPSA) is 34.1 Å². The van der Waals surface area contributed by atoms with Crippen LogP contribution in [0.15, 0.2) is 30.3 Å². The molecule has 0 amide bonds. The summed E-state index contributed by atoms with van der Waals surface area (Å²) in [4.78, 5) is 0. The number of rotatable bonds is 5. The molecule has 17 heavy (non-hydrogen) atoms. The summed E-state index contributed by atoms with van der Waals surface area (Å²) in [6.45, 7) is 0. The summed E-state index contributed by atoms with van der Waals surface area (Å²) >= 11 is 0. The van der Waals surface area contributed by atoms with Gasteiger partial charge in [-0.05, 0) is 31.2 Å². The van der Waals surface area contributed by atoms with Crippen LogP contribution in [0.3, 0.4) is 0 Å². The van der Waals surface area contributed by atoms with Crippen molar-refractivity contribution in [1.29, 1.82) is 0 Å². The highest BCUT2D eigenvalue weighted by atomic mass is 32.2. The van der Waals surface area contributed by atoms with Crippen LogP contribution in [-0.2, 0) is 16.3 Å². The molecule has 94 valence electrons. The summed E-state index contributed by atoms with van der Waals surface area (Å²) in [5.74, 6) is 0.354. The SMILES string of the molecule is O=S(=O)(CCCc1ccccc1)C1CCCC1. The second-order valence-electron chi connectivity index (χ2n) is 4.86. The molecule has 0 N–H and O–H groups in total. The predicted molar refractivity (Wildman–Crippen MR) is 70.8 cm³/mol. The Morgan fingerprint density at radius 1 is 1.06 bits per heavy atom. The van der Waals surface area contributed by atoms with Crippen LogP contribution in [0, 0.1) is 0 Å². The van der Waals surface area contributed by atoms with Crippen molar-refractivity contribution in [3.8, 4) is 0 Å². The first-order chi connectivity index (χ1) is 8.18. The monoisotopic (exact) mass is 252 g/mol. The van der Waals surface area contributed by atoms with E-state index in [4.69, 9.17) is 0 Å². The van der Waals surface area contributed by atoms with Gasteiger partial charge in [0.1, 0.15) is 0 Å². The van der Waals surface area contributed by atoms with Crippen LogP contribution in [0.4, 0.5) is 0 Å². The molecule has 2 nitrogen and oxygen atoms in total. The maximum absolute atomic E-state index is 12.0. The third-order valence-corrected chi connectivity index (χ3v) is 5.89. The number of aryl methyl sites for hydroxylation is 1. The molecule has 1 aromatic rings. The van der Waals surface area contributed by atoms with E-state index in [9.17, 15) is 8.42 Å². The lowest BCUT2D eigenvalue weighted by Gasteiger charge is -2.10. The molecule has 0 radical (unpaired) electrons. The molecule has 2 rings (SSSR count). The van der Waals surface area contributed by atoms with E-state index in [0.29, 0.717) is 5.75 Å². The normalized spacial score (nSPS) is 17.4. The molecule has 0 spiro atoms. The van der Waals surface area contributed by atoms with Gasteiger partial charge >= 0.3 is 0 Å². The van der Waals surface area contributed by atoms with Crippen LogP contribution < -0.4 is 0 Å². The molecule has 1 aromatic carbocycles. The average Bonchev–Trinajstić information content (AvgIpc) is 2.84. The third-order valence-electron chi connectivity index (χ3n) is 3.55. The van der Waals surface area contributed by atoms with Gasteiger partial charge in [0.15, 0.2) is 9.84 Å². The van der Waals surface area contributed by atoms with Crippen molar-refractivity contribution in [2.75, 3.05) is 5.75 Å². The third kappa shape index (κ3) is 3.56. The van der Waals surface area contributed by atoms with Crippen LogP contribution in [0.5, 0.6) is 0 Å². The predicted octanol–water partition coefficient (Wildman–Crippen LogP) is 2.98. The molecule has 0 heterocycles. The molecule has 0 aliphatic heterocycles. The van der Waals surface area contributed by atoms with Crippen LogP contribution in [0.25, 0.3) is 0 Å². The van der Waals surface area contributed by atoms with Crippen molar-refractivity contribution >= 4 is 9.84 Å². The highest BCUT2D eigenvalue weighted by molar-refractivity contribution is 7.92. The fourth-order valence-corrected chi connectivity index (χ4v) is 4.47. The molecule has 1 saturated carbocycles. The van der Waals surface area contributed by atoms with Gasteiger partial charge in [-0.2, -0.15) is 0 Å². The first-order valence-corrected chi connectivity index (χ1v) is 8.15. The Labute approximate surface area is 104 Å². The van der Waals surface area contributed by atoms with E-state index in [2.05, 4.69) is 12.1 Å². The second-order valence-corrected chi connectivity index (χ2v) is 7.26. The van der Waals surface area contributed by atoms with E-state index in [1.807, 2.05) is 18.2 Å². The molecular formula is C14H20O2S. The second kappa shape index (κ2) is 5.67. The molecular weight excluding hydrogens is 232 g/mol. The summed E-state index contributed by atoms with van der Waals surface area (Å²) < 4.78 is 24.0. The van der Waals surface area contributed by atoms with E-state index >= 15 is 0 Å².